The van der Waals surface area contributed by atoms with Crippen LogP contribution in [0.25, 0.3) is 0 Å². The number of anilines is 1. The molecule has 0 unspecified atom stereocenters. The van der Waals surface area contributed by atoms with E-state index < -0.39 is 16.1 Å². The maximum Gasteiger partial charge on any atom is 0.333 e. The van der Waals surface area contributed by atoms with Crippen LogP contribution in [0, 0.1) is 0 Å². The zero-order valence-electron chi connectivity index (χ0n) is 6.74. The van der Waals surface area contributed by atoms with Crippen LogP contribution in [0.15, 0.2) is 23.1 Å². The molecule has 1 aromatic rings. The lowest BCUT2D eigenvalue weighted by atomic mass is 10.3. The predicted octanol–water partition coefficient (Wildman–Crippen LogP) is 1.16. The minimum Gasteiger partial charge on any atom is -0.306 e. The zero-order chi connectivity index (χ0) is 10.3. The van der Waals surface area contributed by atoms with Crippen molar-refractivity contribution in [3.63, 3.8) is 0 Å². The number of hydrogen-bond donors (Lipinski definition) is 2. The lowest BCUT2D eigenvalue weighted by molar-refractivity contribution is 0.256. The lowest BCUT2D eigenvalue weighted by Crippen LogP contribution is -2.39. The summed E-state index contributed by atoms with van der Waals surface area (Å²) in [7, 11) is -3.73. The van der Waals surface area contributed by atoms with E-state index in [0.29, 0.717) is 5.02 Å². The van der Waals surface area contributed by atoms with Gasteiger partial charge < -0.3 is 5.32 Å². The van der Waals surface area contributed by atoms with E-state index in [1.54, 1.807) is 0 Å². The van der Waals surface area contributed by atoms with Gasteiger partial charge in [-0.15, -0.1) is 0 Å². The fraction of sp³-hybridized carbons (Fsp3) is 0. The summed E-state index contributed by atoms with van der Waals surface area (Å²) < 4.78 is 24.6. The van der Waals surface area contributed by atoms with Gasteiger partial charge in [-0.1, -0.05) is 11.6 Å². The number of halogens is 1. The Hall–Kier alpha value is -1.27. The van der Waals surface area contributed by atoms with Crippen molar-refractivity contribution < 1.29 is 13.2 Å². The number of fused-ring (bicyclic) bond motifs is 1. The van der Waals surface area contributed by atoms with Gasteiger partial charge in [0.2, 0.25) is 0 Å². The molecule has 5 nitrogen and oxygen atoms in total. The second-order valence-electron chi connectivity index (χ2n) is 2.70. The molecule has 1 aromatic carbocycles. The van der Waals surface area contributed by atoms with Crippen LogP contribution in [0.2, 0.25) is 5.02 Å². The van der Waals surface area contributed by atoms with Crippen molar-refractivity contribution >= 4 is 33.3 Å². The molecule has 0 aliphatic carbocycles. The van der Waals surface area contributed by atoms with E-state index in [1.165, 1.54) is 18.2 Å². The summed E-state index contributed by atoms with van der Waals surface area (Å²) in [5.41, 5.74) is 0.196. The summed E-state index contributed by atoms with van der Waals surface area (Å²) in [5.74, 6) is 0. The van der Waals surface area contributed by atoms with Crippen molar-refractivity contribution in [3.8, 4) is 0 Å². The molecule has 0 saturated carbocycles. The second-order valence-corrected chi connectivity index (χ2v) is 4.79. The van der Waals surface area contributed by atoms with E-state index in [0.717, 1.165) is 0 Å². The molecule has 1 aliphatic heterocycles. The van der Waals surface area contributed by atoms with Gasteiger partial charge in [-0.05, 0) is 18.2 Å². The average Bonchev–Trinajstić information content (AvgIpc) is 2.00. The molecule has 0 radical (unpaired) electrons. The Kier molecular flexibility index (Phi) is 1.90. The molecule has 0 atom stereocenters. The van der Waals surface area contributed by atoms with Crippen LogP contribution < -0.4 is 10.0 Å². The monoisotopic (exact) mass is 232 g/mol. The van der Waals surface area contributed by atoms with E-state index in [1.807, 2.05) is 4.72 Å². The van der Waals surface area contributed by atoms with Crippen LogP contribution in [-0.2, 0) is 10.0 Å². The largest absolute Gasteiger partial charge is 0.333 e. The molecule has 0 spiro atoms. The smallest absolute Gasteiger partial charge is 0.306 e. The highest BCUT2D eigenvalue weighted by molar-refractivity contribution is 7.90. The van der Waals surface area contributed by atoms with Gasteiger partial charge in [-0.2, -0.15) is 0 Å². The Morgan fingerprint density at radius 2 is 2.00 bits per heavy atom. The van der Waals surface area contributed by atoms with Crippen LogP contribution in [0.4, 0.5) is 10.5 Å². The highest BCUT2D eigenvalue weighted by atomic mass is 35.5. The molecule has 2 amide bonds. The van der Waals surface area contributed by atoms with Gasteiger partial charge in [0, 0.05) is 5.02 Å². The van der Waals surface area contributed by atoms with Crippen molar-refractivity contribution in [1.29, 1.82) is 0 Å². The van der Waals surface area contributed by atoms with Gasteiger partial charge >= 0.3 is 6.03 Å². The van der Waals surface area contributed by atoms with Gasteiger partial charge in [-0.25, -0.2) is 17.9 Å². The predicted molar refractivity (Wildman–Crippen MR) is 50.8 cm³/mol. The molecule has 1 aliphatic rings. The number of hydrogen-bond acceptors (Lipinski definition) is 3. The summed E-state index contributed by atoms with van der Waals surface area (Å²) in [6, 6.07) is 3.38. The molecular formula is C7H5ClN2O3S. The number of rotatable bonds is 0. The fourth-order valence-corrected chi connectivity index (χ4v) is 2.38. The third kappa shape index (κ3) is 1.42. The standard InChI is InChI=1S/C7H5ClN2O3S/c8-4-1-2-6-5(3-4)9-7(11)10-14(6,12)13/h1-3H,(H2,9,10,11). The average molecular weight is 233 g/mol. The number of amides is 2. The van der Waals surface area contributed by atoms with Crippen molar-refractivity contribution in [3.05, 3.63) is 23.2 Å². The normalized spacial score (nSPS) is 17.9. The molecule has 7 heteroatoms. The minimum atomic E-state index is -3.73. The van der Waals surface area contributed by atoms with Gasteiger partial charge in [0.05, 0.1) is 5.69 Å². The van der Waals surface area contributed by atoms with E-state index in [9.17, 15) is 13.2 Å². The fourth-order valence-electron chi connectivity index (χ4n) is 1.16. The molecule has 2 rings (SSSR count). The number of urea groups is 1. The number of benzene rings is 1. The van der Waals surface area contributed by atoms with E-state index in [-0.39, 0.29) is 10.6 Å². The third-order valence-corrected chi connectivity index (χ3v) is 3.33. The Bertz CT molecular complexity index is 512. The third-order valence-electron chi connectivity index (χ3n) is 1.71. The Morgan fingerprint density at radius 1 is 1.29 bits per heavy atom. The van der Waals surface area contributed by atoms with E-state index in [4.69, 9.17) is 11.6 Å². The van der Waals surface area contributed by atoms with Gasteiger partial charge in [0.1, 0.15) is 4.90 Å². The molecular weight excluding hydrogens is 228 g/mol. The van der Waals surface area contributed by atoms with Gasteiger partial charge in [0.25, 0.3) is 10.0 Å². The maximum atomic E-state index is 11.4. The van der Waals surface area contributed by atoms with Gasteiger partial charge in [0.15, 0.2) is 0 Å². The van der Waals surface area contributed by atoms with E-state index in [2.05, 4.69) is 5.32 Å². The zero-order valence-corrected chi connectivity index (χ0v) is 8.32. The number of nitrogens with one attached hydrogen (secondary N) is 2. The topological polar surface area (TPSA) is 75.3 Å². The van der Waals surface area contributed by atoms with E-state index >= 15 is 0 Å². The van der Waals surface area contributed by atoms with Crippen molar-refractivity contribution in [2.75, 3.05) is 5.32 Å². The van der Waals surface area contributed by atoms with Crippen LogP contribution in [0.5, 0.6) is 0 Å². The van der Waals surface area contributed by atoms with Crippen LogP contribution in [-0.4, -0.2) is 14.4 Å². The minimum absolute atomic E-state index is 0.0153. The summed E-state index contributed by atoms with van der Waals surface area (Å²) >= 11 is 5.65. The SMILES string of the molecule is O=C1Nc2cc(Cl)ccc2S(=O)(=O)N1. The highest BCUT2D eigenvalue weighted by Gasteiger charge is 2.27. The molecule has 2 N–H and O–H groups in total. The number of carbonyl (C=O) groups excluding carboxylic acids is 1. The summed E-state index contributed by atoms with van der Waals surface area (Å²) in [6.07, 6.45) is 0. The molecule has 1 heterocycles. The van der Waals surface area contributed by atoms with Crippen LogP contribution in [0.3, 0.4) is 0 Å². The molecule has 0 aromatic heterocycles. The van der Waals surface area contributed by atoms with Crippen molar-refractivity contribution in [2.45, 2.75) is 4.90 Å². The van der Waals surface area contributed by atoms with Crippen LogP contribution >= 0.6 is 11.6 Å². The number of carbonyl (C=O) groups is 1. The molecule has 0 saturated heterocycles. The maximum absolute atomic E-state index is 11.4. The number of sulfonamides is 1. The summed E-state index contributed by atoms with van der Waals surface area (Å²) in [5, 5.41) is 2.70. The first-order valence-electron chi connectivity index (χ1n) is 3.62. The van der Waals surface area contributed by atoms with Crippen LogP contribution in [0.1, 0.15) is 0 Å². The Morgan fingerprint density at radius 3 is 2.71 bits per heavy atom. The lowest BCUT2D eigenvalue weighted by Gasteiger charge is -2.17. The van der Waals surface area contributed by atoms with Crippen molar-refractivity contribution in [2.24, 2.45) is 0 Å². The second kappa shape index (κ2) is 2.86. The quantitative estimate of drug-likeness (QED) is 0.705. The Balaban J connectivity index is 2.69. The highest BCUT2D eigenvalue weighted by Crippen LogP contribution is 2.27. The molecule has 14 heavy (non-hydrogen) atoms. The summed E-state index contributed by atoms with van der Waals surface area (Å²) in [4.78, 5) is 10.9. The molecule has 74 valence electrons. The molecule has 0 fully saturated rings. The molecule has 0 bridgehead atoms. The first kappa shape index (κ1) is 9.29. The van der Waals surface area contributed by atoms with Crippen molar-refractivity contribution in [1.82, 2.24) is 4.72 Å². The Labute approximate surface area is 85.1 Å². The van der Waals surface area contributed by atoms with Gasteiger partial charge in [-0.3, -0.25) is 0 Å². The summed E-state index contributed by atoms with van der Waals surface area (Å²) in [6.45, 7) is 0. The first-order chi connectivity index (χ1) is 6.49. The first-order valence-corrected chi connectivity index (χ1v) is 5.48.